The zero-order valence-corrected chi connectivity index (χ0v) is 11.9. The molecule has 6 heteroatoms. The largest absolute Gasteiger partial charge is 0.361 e. The third-order valence-electron chi connectivity index (χ3n) is 3.21. The summed E-state index contributed by atoms with van der Waals surface area (Å²) >= 11 is 0. The Labute approximate surface area is 118 Å². The summed E-state index contributed by atoms with van der Waals surface area (Å²) in [6, 6.07) is 5.52. The summed E-state index contributed by atoms with van der Waals surface area (Å²) in [7, 11) is 3.51. The van der Waals surface area contributed by atoms with Gasteiger partial charge in [-0.1, -0.05) is 6.92 Å². The molecule has 0 aliphatic rings. The van der Waals surface area contributed by atoms with E-state index in [1.54, 1.807) is 31.6 Å². The normalized spacial score (nSPS) is 11.9. The first kappa shape index (κ1) is 14.0. The van der Waals surface area contributed by atoms with Gasteiger partial charge in [-0.15, -0.1) is 0 Å². The molecule has 0 fully saturated rings. The minimum Gasteiger partial charge on any atom is -0.361 e. The molecule has 1 amide bonds. The van der Waals surface area contributed by atoms with E-state index in [2.05, 4.69) is 27.6 Å². The number of amides is 1. The molecule has 0 spiro atoms. The van der Waals surface area contributed by atoms with Crippen LogP contribution in [0.4, 0.5) is 5.82 Å². The van der Waals surface area contributed by atoms with Crippen molar-refractivity contribution in [2.24, 2.45) is 7.05 Å². The number of hydrogen-bond acceptors (Lipinski definition) is 4. The fourth-order valence-electron chi connectivity index (χ4n) is 2.11. The highest BCUT2D eigenvalue weighted by atomic mass is 16.1. The molecule has 1 unspecified atom stereocenters. The quantitative estimate of drug-likeness (QED) is 0.870. The van der Waals surface area contributed by atoms with Crippen LogP contribution in [-0.4, -0.2) is 27.7 Å². The summed E-state index contributed by atoms with van der Waals surface area (Å²) in [6.45, 7) is 2.08. The standard InChI is InChI=1S/C14H19N5O/c1-4-11(12-7-9-17-19(12)3)18-13-10(14(20)15-2)6-5-8-16-13/h5-9,11H,4H2,1-3H3,(H,15,20)(H,16,18). The maximum atomic E-state index is 11.8. The van der Waals surface area contributed by atoms with E-state index >= 15 is 0 Å². The van der Waals surface area contributed by atoms with E-state index in [0.717, 1.165) is 12.1 Å². The number of aromatic nitrogens is 3. The van der Waals surface area contributed by atoms with E-state index in [9.17, 15) is 4.79 Å². The lowest BCUT2D eigenvalue weighted by Gasteiger charge is -2.19. The van der Waals surface area contributed by atoms with Gasteiger partial charge in [0.2, 0.25) is 0 Å². The second kappa shape index (κ2) is 6.18. The van der Waals surface area contributed by atoms with E-state index in [1.165, 1.54) is 0 Å². The summed E-state index contributed by atoms with van der Waals surface area (Å²) in [4.78, 5) is 16.1. The van der Waals surface area contributed by atoms with Crippen LogP contribution in [0.5, 0.6) is 0 Å². The van der Waals surface area contributed by atoms with Gasteiger partial charge in [0.15, 0.2) is 0 Å². The molecule has 0 aromatic carbocycles. The highest BCUT2D eigenvalue weighted by molar-refractivity contribution is 5.98. The van der Waals surface area contributed by atoms with Gasteiger partial charge in [0.05, 0.1) is 17.3 Å². The molecule has 1 atom stereocenters. The first-order chi connectivity index (χ1) is 9.67. The molecule has 2 rings (SSSR count). The Morgan fingerprint density at radius 2 is 2.20 bits per heavy atom. The molecule has 2 heterocycles. The van der Waals surface area contributed by atoms with E-state index < -0.39 is 0 Å². The fourth-order valence-corrected chi connectivity index (χ4v) is 2.11. The third kappa shape index (κ3) is 2.79. The molecule has 20 heavy (non-hydrogen) atoms. The predicted octanol–water partition coefficient (Wildman–Crippen LogP) is 1.74. The van der Waals surface area contributed by atoms with Gasteiger partial charge in [-0.05, 0) is 24.6 Å². The van der Waals surface area contributed by atoms with Crippen molar-refractivity contribution in [1.82, 2.24) is 20.1 Å². The summed E-state index contributed by atoms with van der Waals surface area (Å²) in [5, 5.41) is 10.1. The predicted molar refractivity (Wildman–Crippen MR) is 77.5 cm³/mol. The summed E-state index contributed by atoms with van der Waals surface area (Å²) in [5.41, 5.74) is 1.59. The van der Waals surface area contributed by atoms with Crippen LogP contribution in [0.1, 0.15) is 35.4 Å². The lowest BCUT2D eigenvalue weighted by molar-refractivity contribution is 0.0963. The van der Waals surface area contributed by atoms with Gasteiger partial charge in [0, 0.05) is 26.5 Å². The van der Waals surface area contributed by atoms with Crippen LogP contribution in [0, 0.1) is 0 Å². The van der Waals surface area contributed by atoms with Gasteiger partial charge in [-0.3, -0.25) is 9.48 Å². The maximum absolute atomic E-state index is 11.8. The molecule has 2 N–H and O–H groups in total. The van der Waals surface area contributed by atoms with Gasteiger partial charge in [0.25, 0.3) is 5.91 Å². The Morgan fingerprint density at radius 1 is 1.40 bits per heavy atom. The molecular weight excluding hydrogens is 254 g/mol. The van der Waals surface area contributed by atoms with Crippen molar-refractivity contribution < 1.29 is 4.79 Å². The van der Waals surface area contributed by atoms with Crippen LogP contribution in [0.25, 0.3) is 0 Å². The molecule has 6 nitrogen and oxygen atoms in total. The van der Waals surface area contributed by atoms with Crippen molar-refractivity contribution in [3.63, 3.8) is 0 Å². The van der Waals surface area contributed by atoms with E-state index in [1.807, 2.05) is 17.8 Å². The van der Waals surface area contributed by atoms with Gasteiger partial charge in [0.1, 0.15) is 5.82 Å². The Hall–Kier alpha value is -2.37. The minimum atomic E-state index is -0.152. The SMILES string of the molecule is CCC(Nc1ncccc1C(=O)NC)c1ccnn1C. The van der Waals surface area contributed by atoms with Crippen molar-refractivity contribution in [1.29, 1.82) is 0 Å². The Kier molecular flexibility index (Phi) is 4.34. The van der Waals surface area contributed by atoms with Crippen molar-refractivity contribution >= 4 is 11.7 Å². The Balaban J connectivity index is 2.29. The smallest absolute Gasteiger partial charge is 0.254 e. The molecule has 106 valence electrons. The lowest BCUT2D eigenvalue weighted by atomic mass is 10.1. The number of carbonyl (C=O) groups excluding carboxylic acids is 1. The molecule has 2 aromatic rings. The zero-order chi connectivity index (χ0) is 14.5. The van der Waals surface area contributed by atoms with Crippen molar-refractivity contribution in [3.05, 3.63) is 41.9 Å². The molecule has 0 saturated carbocycles. The average molecular weight is 273 g/mol. The zero-order valence-electron chi connectivity index (χ0n) is 11.9. The Morgan fingerprint density at radius 3 is 2.80 bits per heavy atom. The van der Waals surface area contributed by atoms with Gasteiger partial charge in [-0.2, -0.15) is 5.10 Å². The lowest BCUT2D eigenvalue weighted by Crippen LogP contribution is -2.22. The second-order valence-electron chi connectivity index (χ2n) is 4.46. The van der Waals surface area contributed by atoms with E-state index in [-0.39, 0.29) is 11.9 Å². The highest BCUT2D eigenvalue weighted by Crippen LogP contribution is 2.22. The van der Waals surface area contributed by atoms with Crippen LogP contribution in [0.15, 0.2) is 30.6 Å². The Bertz CT molecular complexity index is 593. The molecule has 2 aromatic heterocycles. The van der Waals surface area contributed by atoms with Crippen LogP contribution < -0.4 is 10.6 Å². The second-order valence-corrected chi connectivity index (χ2v) is 4.46. The first-order valence-electron chi connectivity index (χ1n) is 6.59. The number of nitrogens with one attached hydrogen (secondary N) is 2. The number of rotatable bonds is 5. The number of pyridine rings is 1. The number of aryl methyl sites for hydroxylation is 1. The fraction of sp³-hybridized carbons (Fsp3) is 0.357. The molecule has 0 radical (unpaired) electrons. The van der Waals surface area contributed by atoms with E-state index in [4.69, 9.17) is 0 Å². The van der Waals surface area contributed by atoms with E-state index in [0.29, 0.717) is 11.4 Å². The maximum Gasteiger partial charge on any atom is 0.254 e. The van der Waals surface area contributed by atoms with Crippen molar-refractivity contribution in [2.75, 3.05) is 12.4 Å². The van der Waals surface area contributed by atoms with Crippen LogP contribution in [0.3, 0.4) is 0 Å². The monoisotopic (exact) mass is 273 g/mol. The van der Waals surface area contributed by atoms with Gasteiger partial charge < -0.3 is 10.6 Å². The van der Waals surface area contributed by atoms with Gasteiger partial charge >= 0.3 is 0 Å². The topological polar surface area (TPSA) is 71.8 Å². The number of anilines is 1. The highest BCUT2D eigenvalue weighted by Gasteiger charge is 2.17. The molecule has 0 saturated heterocycles. The number of nitrogens with zero attached hydrogens (tertiary/aromatic N) is 3. The first-order valence-corrected chi connectivity index (χ1v) is 6.59. The molecule has 0 aliphatic heterocycles. The third-order valence-corrected chi connectivity index (χ3v) is 3.21. The molecular formula is C14H19N5O. The van der Waals surface area contributed by atoms with Crippen LogP contribution in [-0.2, 0) is 7.05 Å². The summed E-state index contributed by atoms with van der Waals surface area (Å²) in [6.07, 6.45) is 4.30. The van der Waals surface area contributed by atoms with Crippen LogP contribution in [0.2, 0.25) is 0 Å². The molecule has 0 aliphatic carbocycles. The average Bonchev–Trinajstić information content (AvgIpc) is 2.90. The summed E-state index contributed by atoms with van der Waals surface area (Å²) < 4.78 is 1.82. The minimum absolute atomic E-state index is 0.0563. The molecule has 0 bridgehead atoms. The van der Waals surface area contributed by atoms with Crippen LogP contribution >= 0.6 is 0 Å². The van der Waals surface area contributed by atoms with Gasteiger partial charge in [-0.25, -0.2) is 4.98 Å². The summed E-state index contributed by atoms with van der Waals surface area (Å²) in [5.74, 6) is 0.431. The van der Waals surface area contributed by atoms with Crippen molar-refractivity contribution in [2.45, 2.75) is 19.4 Å². The number of hydrogen-bond donors (Lipinski definition) is 2. The van der Waals surface area contributed by atoms with Crippen molar-refractivity contribution in [3.8, 4) is 0 Å². The number of carbonyl (C=O) groups is 1.